The summed E-state index contributed by atoms with van der Waals surface area (Å²) >= 11 is 0. The van der Waals surface area contributed by atoms with Crippen molar-refractivity contribution in [2.75, 3.05) is 7.11 Å². The van der Waals surface area contributed by atoms with Gasteiger partial charge in [0, 0.05) is 34.8 Å². The Labute approximate surface area is 191 Å². The molecule has 1 N–H and O–H groups in total. The molecule has 0 unspecified atom stereocenters. The number of fused-ring (bicyclic) bond motifs is 2. The predicted molar refractivity (Wildman–Crippen MR) is 133 cm³/mol. The summed E-state index contributed by atoms with van der Waals surface area (Å²) < 4.78 is 7.36. The number of ether oxygens (including phenoxy) is 1. The number of carbonyl (C=O) groups is 1. The summed E-state index contributed by atoms with van der Waals surface area (Å²) in [5.74, 6) is 0.433. The zero-order valence-corrected chi connectivity index (χ0v) is 18.2. The third-order valence-electron chi connectivity index (χ3n) is 5.76. The lowest BCUT2D eigenvalue weighted by Gasteiger charge is -2.09. The number of carbonyl (C=O) groups excluding carboxylic acids is 1. The molecule has 1 aromatic heterocycles. The summed E-state index contributed by atoms with van der Waals surface area (Å²) in [6.45, 7) is 0.744. The number of para-hydroxylation sites is 1. The van der Waals surface area contributed by atoms with Crippen molar-refractivity contribution in [3.8, 4) is 5.75 Å². The first kappa shape index (κ1) is 20.5. The number of nitrogens with zero attached hydrogens (tertiary/aromatic N) is 2. The number of methoxy groups -OCH3 is 1. The average molecular weight is 434 g/mol. The maximum Gasteiger partial charge on any atom is 0.271 e. The molecule has 0 aliphatic heterocycles. The maximum absolute atomic E-state index is 12.4. The van der Waals surface area contributed by atoms with Crippen LogP contribution in [-0.4, -0.2) is 23.8 Å². The predicted octanol–water partition coefficient (Wildman–Crippen LogP) is 5.62. The molecule has 4 aromatic carbocycles. The summed E-state index contributed by atoms with van der Waals surface area (Å²) in [4.78, 5) is 12.4. The van der Waals surface area contributed by atoms with Gasteiger partial charge in [0.1, 0.15) is 5.75 Å². The second kappa shape index (κ2) is 9.01. The number of aromatic nitrogens is 1. The van der Waals surface area contributed by atoms with Gasteiger partial charge in [-0.05, 0) is 46.7 Å². The van der Waals surface area contributed by atoms with Crippen molar-refractivity contribution in [2.45, 2.75) is 6.54 Å². The van der Waals surface area contributed by atoms with Gasteiger partial charge in [-0.15, -0.1) is 0 Å². The van der Waals surface area contributed by atoms with E-state index < -0.39 is 0 Å². The van der Waals surface area contributed by atoms with Crippen LogP contribution in [0.1, 0.15) is 21.5 Å². The number of rotatable bonds is 6. The first-order valence-corrected chi connectivity index (χ1v) is 10.7. The zero-order chi connectivity index (χ0) is 22.6. The summed E-state index contributed by atoms with van der Waals surface area (Å²) in [5, 5.41) is 7.78. The van der Waals surface area contributed by atoms with Gasteiger partial charge in [-0.3, -0.25) is 4.79 Å². The molecule has 0 spiro atoms. The Bertz CT molecular complexity index is 1460. The SMILES string of the molecule is COc1ccc(C(=O)N/N=C\c2cn(Cc3cccc4ccccc34)c3ccccc23)cc1. The van der Waals surface area contributed by atoms with Crippen molar-refractivity contribution in [3.63, 3.8) is 0 Å². The van der Waals surface area contributed by atoms with E-state index in [2.05, 4.69) is 75.9 Å². The first-order chi connectivity index (χ1) is 16.2. The fourth-order valence-corrected chi connectivity index (χ4v) is 4.09. The monoisotopic (exact) mass is 433 g/mol. The maximum atomic E-state index is 12.4. The number of nitrogens with one attached hydrogen (secondary N) is 1. The second-order valence-electron chi connectivity index (χ2n) is 7.80. The normalized spacial score (nSPS) is 11.3. The number of hydrazone groups is 1. The van der Waals surface area contributed by atoms with Crippen LogP contribution in [0.3, 0.4) is 0 Å². The average Bonchev–Trinajstić information content (AvgIpc) is 3.21. The highest BCUT2D eigenvalue weighted by Crippen LogP contribution is 2.24. The molecule has 5 nitrogen and oxygen atoms in total. The van der Waals surface area contributed by atoms with Gasteiger partial charge >= 0.3 is 0 Å². The first-order valence-electron chi connectivity index (χ1n) is 10.7. The summed E-state index contributed by atoms with van der Waals surface area (Å²) in [6.07, 6.45) is 3.78. The molecule has 1 heterocycles. The van der Waals surface area contributed by atoms with Gasteiger partial charge in [-0.25, -0.2) is 5.43 Å². The van der Waals surface area contributed by atoms with E-state index in [0.717, 1.165) is 23.0 Å². The van der Waals surface area contributed by atoms with Crippen LogP contribution in [0.4, 0.5) is 0 Å². The van der Waals surface area contributed by atoms with Crippen molar-refractivity contribution >= 4 is 33.8 Å². The van der Waals surface area contributed by atoms with Crippen LogP contribution in [0.15, 0.2) is 102 Å². The zero-order valence-electron chi connectivity index (χ0n) is 18.2. The minimum atomic E-state index is -0.270. The van der Waals surface area contributed by atoms with E-state index in [4.69, 9.17) is 4.74 Å². The van der Waals surface area contributed by atoms with E-state index >= 15 is 0 Å². The van der Waals surface area contributed by atoms with Crippen LogP contribution in [0.5, 0.6) is 5.75 Å². The van der Waals surface area contributed by atoms with Crippen molar-refractivity contribution in [1.29, 1.82) is 0 Å². The number of hydrogen-bond acceptors (Lipinski definition) is 3. The lowest BCUT2D eigenvalue weighted by atomic mass is 10.0. The third-order valence-corrected chi connectivity index (χ3v) is 5.76. The van der Waals surface area contributed by atoms with Gasteiger partial charge in [0.2, 0.25) is 0 Å². The Morgan fingerprint density at radius 2 is 1.64 bits per heavy atom. The van der Waals surface area contributed by atoms with Crippen molar-refractivity contribution < 1.29 is 9.53 Å². The highest BCUT2D eigenvalue weighted by atomic mass is 16.5. The van der Waals surface area contributed by atoms with Crippen LogP contribution >= 0.6 is 0 Å². The van der Waals surface area contributed by atoms with Gasteiger partial charge in [0.25, 0.3) is 5.91 Å². The van der Waals surface area contributed by atoms with Crippen LogP contribution in [-0.2, 0) is 6.54 Å². The fourth-order valence-electron chi connectivity index (χ4n) is 4.09. The molecule has 5 rings (SSSR count). The highest BCUT2D eigenvalue weighted by molar-refractivity contribution is 6.00. The molecule has 162 valence electrons. The number of hydrogen-bond donors (Lipinski definition) is 1. The van der Waals surface area contributed by atoms with Gasteiger partial charge in [0.05, 0.1) is 13.3 Å². The van der Waals surface area contributed by atoms with E-state index in [1.54, 1.807) is 37.6 Å². The number of benzene rings is 4. The lowest BCUT2D eigenvalue weighted by Crippen LogP contribution is -2.17. The van der Waals surface area contributed by atoms with Crippen LogP contribution in [0, 0.1) is 0 Å². The van der Waals surface area contributed by atoms with E-state index in [-0.39, 0.29) is 5.91 Å². The van der Waals surface area contributed by atoms with Crippen molar-refractivity contribution in [1.82, 2.24) is 9.99 Å². The van der Waals surface area contributed by atoms with E-state index in [9.17, 15) is 4.79 Å². The summed E-state index contributed by atoms with van der Waals surface area (Å²) in [5.41, 5.74) is 6.45. The molecule has 0 saturated heterocycles. The smallest absolute Gasteiger partial charge is 0.271 e. The van der Waals surface area contributed by atoms with E-state index in [1.807, 2.05) is 12.1 Å². The lowest BCUT2D eigenvalue weighted by molar-refractivity contribution is 0.0955. The summed E-state index contributed by atoms with van der Waals surface area (Å²) in [7, 11) is 1.59. The molecule has 0 fully saturated rings. The Hall–Kier alpha value is -4.38. The molecule has 0 bridgehead atoms. The highest BCUT2D eigenvalue weighted by Gasteiger charge is 2.09. The molecule has 0 radical (unpaired) electrons. The minimum Gasteiger partial charge on any atom is -0.497 e. The van der Waals surface area contributed by atoms with Crippen LogP contribution < -0.4 is 10.2 Å². The topological polar surface area (TPSA) is 55.6 Å². The molecule has 33 heavy (non-hydrogen) atoms. The third kappa shape index (κ3) is 4.21. The van der Waals surface area contributed by atoms with Crippen molar-refractivity contribution in [2.24, 2.45) is 5.10 Å². The molecule has 0 saturated carbocycles. The Morgan fingerprint density at radius 3 is 2.45 bits per heavy atom. The molecule has 0 atom stereocenters. The van der Waals surface area contributed by atoms with E-state index in [1.165, 1.54) is 16.3 Å². The standard InChI is InChI=1S/C28H23N3O2/c1-33-24-15-13-21(14-16-24)28(32)30-29-17-23-19-31(27-12-5-4-11-26(23)27)18-22-9-6-8-20-7-2-3-10-25(20)22/h2-17,19H,18H2,1H3,(H,30,32)/b29-17-. The van der Waals surface area contributed by atoms with Gasteiger partial charge in [0.15, 0.2) is 0 Å². The Morgan fingerprint density at radius 1 is 0.909 bits per heavy atom. The molecular weight excluding hydrogens is 410 g/mol. The molecule has 0 aliphatic rings. The molecule has 5 heteroatoms. The minimum absolute atomic E-state index is 0.270. The van der Waals surface area contributed by atoms with Crippen LogP contribution in [0.25, 0.3) is 21.7 Å². The fraction of sp³-hybridized carbons (Fsp3) is 0.0714. The molecule has 1 amide bonds. The van der Waals surface area contributed by atoms with Gasteiger partial charge in [-0.1, -0.05) is 60.7 Å². The Kier molecular flexibility index (Phi) is 5.60. The largest absolute Gasteiger partial charge is 0.497 e. The van der Waals surface area contributed by atoms with Crippen molar-refractivity contribution in [3.05, 3.63) is 114 Å². The molecule has 0 aliphatic carbocycles. The number of amides is 1. The van der Waals surface area contributed by atoms with E-state index in [0.29, 0.717) is 11.3 Å². The molecule has 5 aromatic rings. The van der Waals surface area contributed by atoms with Gasteiger partial charge < -0.3 is 9.30 Å². The second-order valence-corrected chi connectivity index (χ2v) is 7.80. The molecular formula is C28H23N3O2. The summed E-state index contributed by atoms with van der Waals surface area (Å²) in [6, 6.07) is 30.0. The quantitative estimate of drug-likeness (QED) is 0.279. The Balaban J connectivity index is 1.41. The van der Waals surface area contributed by atoms with Gasteiger partial charge in [-0.2, -0.15) is 5.10 Å². The van der Waals surface area contributed by atoms with Crippen LogP contribution in [0.2, 0.25) is 0 Å².